The minimum atomic E-state index is -4.72. The van der Waals surface area contributed by atoms with Crippen molar-refractivity contribution in [2.24, 2.45) is 0 Å². The third-order valence-corrected chi connectivity index (χ3v) is 9.00. The van der Waals surface area contributed by atoms with Gasteiger partial charge >= 0.3 is 0 Å². The lowest BCUT2D eigenvalue weighted by molar-refractivity contribution is 0.122. The van der Waals surface area contributed by atoms with Crippen LogP contribution >= 0.6 is 0 Å². The summed E-state index contributed by atoms with van der Waals surface area (Å²) in [6.07, 6.45) is 2.65. The van der Waals surface area contributed by atoms with Crippen molar-refractivity contribution in [1.29, 1.82) is 0 Å². The minimum absolute atomic E-state index is 0.0780. The highest BCUT2D eigenvalue weighted by Gasteiger charge is 2.23. The van der Waals surface area contributed by atoms with Crippen LogP contribution in [-0.4, -0.2) is 117 Å². The summed E-state index contributed by atoms with van der Waals surface area (Å²) in [6.45, 7) is 5.61. The van der Waals surface area contributed by atoms with Crippen LogP contribution in [0.15, 0.2) is 52.3 Å². The summed E-state index contributed by atoms with van der Waals surface area (Å²) in [7, 11) is -9.24. The van der Waals surface area contributed by atoms with E-state index >= 15 is 0 Å². The van der Waals surface area contributed by atoms with Crippen LogP contribution in [0.4, 0.5) is 23.5 Å². The number of β-amino-alcohol motifs (C(OH)–C–C–N with tert-alkyl or cyclic N) is 1. The van der Waals surface area contributed by atoms with Crippen molar-refractivity contribution >= 4 is 55.9 Å². The van der Waals surface area contributed by atoms with E-state index in [2.05, 4.69) is 20.2 Å². The van der Waals surface area contributed by atoms with Crippen LogP contribution in [0.25, 0.3) is 12.2 Å². The molecule has 15 nitrogen and oxygen atoms in total. The Kier molecular flexibility index (Phi) is 9.74. The number of ether oxygens (including phenoxy) is 1. The zero-order valence-electron chi connectivity index (χ0n) is 23.6. The number of benzene rings is 2. The second kappa shape index (κ2) is 13.5. The van der Waals surface area contributed by atoms with Gasteiger partial charge in [-0.3, -0.25) is 14.0 Å². The molecule has 3 aromatic rings. The second-order valence-corrected chi connectivity index (χ2v) is 12.9. The average Bonchev–Trinajstić information content (AvgIpc) is 3.00. The highest BCUT2D eigenvalue weighted by molar-refractivity contribution is 7.86. The Bertz CT molecular complexity index is 1720. The van der Waals surface area contributed by atoms with Crippen molar-refractivity contribution in [3.8, 4) is 0 Å². The van der Waals surface area contributed by atoms with Crippen LogP contribution in [-0.2, 0) is 25.0 Å². The summed E-state index contributed by atoms with van der Waals surface area (Å²) < 4.78 is 73.2. The molecule has 0 amide bonds. The molecule has 0 radical (unpaired) electrons. The third-order valence-electron chi connectivity index (χ3n) is 7.16. The molecular formula is C27H33N7O8S2. The van der Waals surface area contributed by atoms with E-state index in [-0.39, 0.29) is 34.3 Å². The minimum Gasteiger partial charge on any atom is -0.395 e. The maximum Gasteiger partial charge on any atom is 0.295 e. The molecular weight excluding hydrogens is 614 g/mol. The van der Waals surface area contributed by atoms with Gasteiger partial charge < -0.3 is 25.0 Å². The van der Waals surface area contributed by atoms with Crippen LogP contribution in [0.3, 0.4) is 0 Å². The maximum absolute atomic E-state index is 12.4. The molecule has 0 unspecified atom stereocenters. The zero-order chi connectivity index (χ0) is 31.3. The van der Waals surface area contributed by atoms with E-state index in [1.807, 2.05) is 9.80 Å². The highest BCUT2D eigenvalue weighted by atomic mass is 32.2. The van der Waals surface area contributed by atoms with Gasteiger partial charge in [0, 0.05) is 51.5 Å². The number of hydrogen-bond acceptors (Lipinski definition) is 13. The molecule has 2 aromatic carbocycles. The maximum atomic E-state index is 12.4. The molecule has 0 bridgehead atoms. The summed E-state index contributed by atoms with van der Waals surface area (Å²) in [6, 6.07) is 9.88. The number of aliphatic hydroxyl groups excluding tert-OH is 1. The lowest BCUT2D eigenvalue weighted by atomic mass is 10.1. The van der Waals surface area contributed by atoms with Crippen molar-refractivity contribution in [2.75, 3.05) is 80.8 Å². The first-order chi connectivity index (χ1) is 21.0. The smallest absolute Gasteiger partial charge is 0.295 e. The zero-order valence-corrected chi connectivity index (χ0v) is 25.3. The van der Waals surface area contributed by atoms with Gasteiger partial charge in [-0.1, -0.05) is 36.4 Å². The van der Waals surface area contributed by atoms with Gasteiger partial charge in [-0.25, -0.2) is 0 Å². The van der Waals surface area contributed by atoms with Gasteiger partial charge in [-0.2, -0.15) is 31.8 Å². The number of nitrogens with one attached hydrogen (secondary N) is 1. The van der Waals surface area contributed by atoms with Crippen LogP contribution in [0.5, 0.6) is 0 Å². The van der Waals surface area contributed by atoms with Gasteiger partial charge in [0.2, 0.25) is 17.8 Å². The van der Waals surface area contributed by atoms with Gasteiger partial charge in [0.05, 0.1) is 19.8 Å². The quantitative estimate of drug-likeness (QED) is 0.181. The number of morpholine rings is 1. The summed E-state index contributed by atoms with van der Waals surface area (Å²) in [5.41, 5.74) is 0.476. The molecule has 44 heavy (non-hydrogen) atoms. The molecule has 0 atom stereocenters. The third kappa shape index (κ3) is 7.86. The molecule has 3 heterocycles. The Morgan fingerprint density at radius 2 is 1.36 bits per heavy atom. The molecule has 2 fully saturated rings. The standard InChI is InChI=1S/C27H33N7O8S2/c35-16-13-32-9-11-33(12-10-32)26-29-25(30-27(31-26)34-14-17-42-18-15-34)28-22-8-7-21(24(19-22)44(39,40)41)6-5-20-3-1-2-4-23(20)43(36,37)38/h1-8,19,35H,9-18H2,(H,36,37,38)(H,39,40,41)(H,28,29,30,31)/b6-5+. The fourth-order valence-corrected chi connectivity index (χ4v) is 6.30. The summed E-state index contributed by atoms with van der Waals surface area (Å²) in [4.78, 5) is 19.2. The Balaban J connectivity index is 1.45. The Morgan fingerprint density at radius 1 is 0.773 bits per heavy atom. The van der Waals surface area contributed by atoms with Crippen molar-refractivity contribution < 1.29 is 35.8 Å². The van der Waals surface area contributed by atoms with E-state index in [1.165, 1.54) is 42.5 Å². The summed E-state index contributed by atoms with van der Waals surface area (Å²) in [5.74, 6) is 1.05. The molecule has 2 aliphatic rings. The van der Waals surface area contributed by atoms with Gasteiger partial charge in [-0.05, 0) is 29.3 Å². The highest BCUT2D eigenvalue weighted by Crippen LogP contribution is 2.27. The van der Waals surface area contributed by atoms with E-state index in [9.17, 15) is 31.0 Å². The van der Waals surface area contributed by atoms with E-state index in [0.717, 1.165) is 13.1 Å². The van der Waals surface area contributed by atoms with Crippen LogP contribution in [0, 0.1) is 0 Å². The monoisotopic (exact) mass is 647 g/mol. The molecule has 1 aromatic heterocycles. The average molecular weight is 648 g/mol. The van der Waals surface area contributed by atoms with Crippen molar-refractivity contribution in [3.63, 3.8) is 0 Å². The Hall–Kier alpha value is -3.71. The summed E-state index contributed by atoms with van der Waals surface area (Å²) in [5, 5.41) is 12.3. The van der Waals surface area contributed by atoms with Crippen LogP contribution in [0.2, 0.25) is 0 Å². The number of nitrogens with zero attached hydrogens (tertiary/aromatic N) is 6. The lowest BCUT2D eigenvalue weighted by Crippen LogP contribution is -2.48. The first-order valence-corrected chi connectivity index (χ1v) is 16.7. The second-order valence-electron chi connectivity index (χ2n) is 10.1. The van der Waals surface area contributed by atoms with Gasteiger partial charge in [0.25, 0.3) is 20.2 Å². The lowest BCUT2D eigenvalue weighted by Gasteiger charge is -2.35. The van der Waals surface area contributed by atoms with Crippen molar-refractivity contribution in [2.45, 2.75) is 9.79 Å². The predicted octanol–water partition coefficient (Wildman–Crippen LogP) is 1.23. The molecule has 0 saturated carbocycles. The molecule has 2 saturated heterocycles. The van der Waals surface area contributed by atoms with Crippen molar-refractivity contribution in [3.05, 3.63) is 53.6 Å². The molecule has 0 spiro atoms. The van der Waals surface area contributed by atoms with E-state index in [0.29, 0.717) is 57.8 Å². The molecule has 4 N–H and O–H groups in total. The first-order valence-electron chi connectivity index (χ1n) is 13.8. The number of anilines is 4. The van der Waals surface area contributed by atoms with Gasteiger partial charge in [0.15, 0.2) is 0 Å². The number of aromatic nitrogens is 3. The number of aliphatic hydroxyl groups is 1. The summed E-state index contributed by atoms with van der Waals surface area (Å²) >= 11 is 0. The van der Waals surface area contributed by atoms with Crippen LogP contribution in [0.1, 0.15) is 11.1 Å². The molecule has 5 rings (SSSR count). The SMILES string of the molecule is O=S(=O)(O)c1ccccc1/C=C/c1ccc(Nc2nc(N3CCOCC3)nc(N3CCN(CCO)CC3)n2)cc1S(=O)(=O)O. The topological polar surface area (TPSA) is 199 Å². The molecule has 0 aliphatic carbocycles. The van der Waals surface area contributed by atoms with E-state index in [4.69, 9.17) is 9.72 Å². The van der Waals surface area contributed by atoms with Crippen molar-refractivity contribution in [1.82, 2.24) is 19.9 Å². The van der Waals surface area contributed by atoms with Gasteiger partial charge in [-0.15, -0.1) is 0 Å². The van der Waals surface area contributed by atoms with E-state index < -0.39 is 25.1 Å². The molecule has 17 heteroatoms. The predicted molar refractivity (Wildman–Crippen MR) is 163 cm³/mol. The molecule has 2 aliphatic heterocycles. The Labute approximate surface area is 255 Å². The molecule has 236 valence electrons. The fraction of sp³-hybridized carbons (Fsp3) is 0.370. The van der Waals surface area contributed by atoms with Gasteiger partial charge in [0.1, 0.15) is 9.79 Å². The van der Waals surface area contributed by atoms with E-state index in [1.54, 1.807) is 12.1 Å². The Morgan fingerprint density at radius 3 is 1.98 bits per heavy atom. The largest absolute Gasteiger partial charge is 0.395 e. The number of hydrogen-bond donors (Lipinski definition) is 4. The number of piperazine rings is 1. The number of rotatable bonds is 10. The van der Waals surface area contributed by atoms with Crippen LogP contribution < -0.4 is 15.1 Å². The first kappa shape index (κ1) is 31.7. The normalized spacial score (nSPS) is 16.9. The fourth-order valence-electron chi connectivity index (χ4n) is 4.90.